The SMILES string of the molecule is COc1nc(-c2cccc(-c3cccc(-c4ccn5c(=O)c(CN6CC[C@@H](C(=O)O)C6)cnc5c4)c3Cl)c2Cl)ccc1CN1CC(CO)C1. The highest BCUT2D eigenvalue weighted by molar-refractivity contribution is 6.39. The molecule has 252 valence electrons. The van der Waals surface area contributed by atoms with Crippen molar-refractivity contribution in [2.24, 2.45) is 11.8 Å². The van der Waals surface area contributed by atoms with Crippen molar-refractivity contribution in [3.8, 4) is 39.4 Å². The number of hydrogen-bond acceptors (Lipinski definition) is 8. The Labute approximate surface area is 293 Å². The second-order valence-corrected chi connectivity index (χ2v) is 13.5. The maximum absolute atomic E-state index is 13.3. The number of aliphatic carboxylic acids is 1. The molecule has 2 saturated heterocycles. The molecule has 2 aliphatic rings. The van der Waals surface area contributed by atoms with Gasteiger partial charge in [0, 0.05) is 85.5 Å². The van der Waals surface area contributed by atoms with Gasteiger partial charge in [0.2, 0.25) is 5.88 Å². The summed E-state index contributed by atoms with van der Waals surface area (Å²) in [5.74, 6) is -0.361. The van der Waals surface area contributed by atoms with Crippen molar-refractivity contribution in [3.63, 3.8) is 0 Å². The summed E-state index contributed by atoms with van der Waals surface area (Å²) in [5, 5.41) is 19.7. The van der Waals surface area contributed by atoms with E-state index in [0.717, 1.165) is 46.5 Å². The Morgan fingerprint density at radius 2 is 1.61 bits per heavy atom. The number of benzene rings is 2. The molecule has 0 aliphatic carbocycles. The summed E-state index contributed by atoms with van der Waals surface area (Å²) in [4.78, 5) is 38.3. The molecule has 2 fully saturated rings. The number of ether oxygens (including phenoxy) is 1. The highest BCUT2D eigenvalue weighted by Gasteiger charge is 2.29. The van der Waals surface area contributed by atoms with Crippen molar-refractivity contribution >= 4 is 34.8 Å². The van der Waals surface area contributed by atoms with Crippen LogP contribution in [-0.2, 0) is 17.9 Å². The van der Waals surface area contributed by atoms with Gasteiger partial charge in [-0.05, 0) is 36.7 Å². The second kappa shape index (κ2) is 13.9. The zero-order chi connectivity index (χ0) is 34.2. The van der Waals surface area contributed by atoms with E-state index in [1.54, 1.807) is 19.5 Å². The Balaban J connectivity index is 1.16. The van der Waals surface area contributed by atoms with Crippen LogP contribution in [0.15, 0.2) is 77.9 Å². The third-order valence-electron chi connectivity index (χ3n) is 9.49. The highest BCUT2D eigenvalue weighted by Crippen LogP contribution is 2.42. The van der Waals surface area contributed by atoms with E-state index in [0.29, 0.717) is 71.3 Å². The molecule has 49 heavy (non-hydrogen) atoms. The van der Waals surface area contributed by atoms with Gasteiger partial charge in [0.15, 0.2) is 0 Å². The number of nitrogens with zero attached hydrogens (tertiary/aromatic N) is 5. The second-order valence-electron chi connectivity index (χ2n) is 12.7. The fourth-order valence-electron chi connectivity index (χ4n) is 6.79. The number of halogens is 2. The van der Waals surface area contributed by atoms with Gasteiger partial charge in [-0.25, -0.2) is 9.97 Å². The molecule has 0 spiro atoms. The van der Waals surface area contributed by atoms with Gasteiger partial charge < -0.3 is 14.9 Å². The average molecular weight is 701 g/mol. The Morgan fingerprint density at radius 1 is 0.918 bits per heavy atom. The Kier molecular flexibility index (Phi) is 9.41. The molecule has 12 heteroatoms. The number of likely N-dealkylation sites (tertiary alicyclic amines) is 2. The Bertz CT molecular complexity index is 2120. The molecular formula is C37H35Cl2N5O5. The number of carboxylic acids is 1. The smallest absolute Gasteiger partial charge is 0.307 e. The van der Waals surface area contributed by atoms with Crippen LogP contribution < -0.4 is 10.3 Å². The van der Waals surface area contributed by atoms with Crippen LogP contribution in [0.25, 0.3) is 39.2 Å². The molecule has 0 unspecified atom stereocenters. The lowest BCUT2D eigenvalue weighted by atomic mass is 9.97. The number of aromatic nitrogens is 3. The number of carbonyl (C=O) groups is 1. The first-order valence-corrected chi connectivity index (χ1v) is 16.9. The molecule has 3 aromatic heterocycles. The predicted molar refractivity (Wildman–Crippen MR) is 189 cm³/mol. The topological polar surface area (TPSA) is 120 Å². The molecule has 0 bridgehead atoms. The molecule has 1 atom stereocenters. The minimum Gasteiger partial charge on any atom is -0.481 e. The maximum atomic E-state index is 13.3. The summed E-state index contributed by atoms with van der Waals surface area (Å²) in [6, 6.07) is 19.1. The molecular weight excluding hydrogens is 665 g/mol. The number of pyridine rings is 2. The van der Waals surface area contributed by atoms with E-state index >= 15 is 0 Å². The third-order valence-corrected chi connectivity index (χ3v) is 10.3. The number of methoxy groups -OCH3 is 1. The number of aliphatic hydroxyl groups excluding tert-OH is 1. The van der Waals surface area contributed by atoms with Gasteiger partial charge in [-0.15, -0.1) is 0 Å². The van der Waals surface area contributed by atoms with Crippen molar-refractivity contribution < 1.29 is 19.7 Å². The van der Waals surface area contributed by atoms with Crippen LogP contribution in [0.1, 0.15) is 17.5 Å². The molecule has 2 N–H and O–H groups in total. The normalized spacial score (nSPS) is 17.0. The Morgan fingerprint density at radius 3 is 2.31 bits per heavy atom. The van der Waals surface area contributed by atoms with Crippen LogP contribution in [0.4, 0.5) is 0 Å². The van der Waals surface area contributed by atoms with Crippen LogP contribution in [0.2, 0.25) is 10.0 Å². The van der Waals surface area contributed by atoms with Crippen molar-refractivity contribution in [1.29, 1.82) is 0 Å². The molecule has 2 aliphatic heterocycles. The molecule has 5 heterocycles. The predicted octanol–water partition coefficient (Wildman–Crippen LogP) is 5.74. The van der Waals surface area contributed by atoms with Crippen LogP contribution in [-0.4, -0.2) is 80.2 Å². The maximum Gasteiger partial charge on any atom is 0.307 e. The summed E-state index contributed by atoms with van der Waals surface area (Å²) >= 11 is 14.2. The average Bonchev–Trinajstić information content (AvgIpc) is 3.57. The van der Waals surface area contributed by atoms with Gasteiger partial charge in [0.25, 0.3) is 5.56 Å². The number of fused-ring (bicyclic) bond motifs is 1. The van der Waals surface area contributed by atoms with Crippen LogP contribution >= 0.6 is 23.2 Å². The zero-order valence-electron chi connectivity index (χ0n) is 26.9. The lowest BCUT2D eigenvalue weighted by Crippen LogP contribution is -2.47. The van der Waals surface area contributed by atoms with E-state index in [1.807, 2.05) is 65.6 Å². The minimum atomic E-state index is -0.805. The monoisotopic (exact) mass is 699 g/mol. The van der Waals surface area contributed by atoms with Gasteiger partial charge in [-0.3, -0.25) is 23.8 Å². The van der Waals surface area contributed by atoms with Crippen molar-refractivity contribution in [3.05, 3.63) is 105 Å². The minimum absolute atomic E-state index is 0.187. The summed E-state index contributed by atoms with van der Waals surface area (Å²) < 4.78 is 7.16. The van der Waals surface area contributed by atoms with Crippen LogP contribution in [0.3, 0.4) is 0 Å². The first-order chi connectivity index (χ1) is 23.7. The van der Waals surface area contributed by atoms with E-state index < -0.39 is 11.9 Å². The van der Waals surface area contributed by atoms with Gasteiger partial charge in [-0.2, -0.15) is 0 Å². The fourth-order valence-corrected chi connectivity index (χ4v) is 7.45. The molecule has 7 rings (SSSR count). The van der Waals surface area contributed by atoms with Gasteiger partial charge >= 0.3 is 5.97 Å². The van der Waals surface area contributed by atoms with Crippen molar-refractivity contribution in [2.75, 3.05) is 39.9 Å². The number of aliphatic hydroxyl groups is 1. The molecule has 0 radical (unpaired) electrons. The van der Waals surface area contributed by atoms with Crippen LogP contribution in [0, 0.1) is 11.8 Å². The fraction of sp³-hybridized carbons (Fsp3) is 0.297. The lowest BCUT2D eigenvalue weighted by molar-refractivity contribution is -0.141. The van der Waals surface area contributed by atoms with E-state index in [1.165, 1.54) is 4.40 Å². The number of rotatable bonds is 10. The van der Waals surface area contributed by atoms with Crippen molar-refractivity contribution in [2.45, 2.75) is 19.5 Å². The lowest BCUT2D eigenvalue weighted by Gasteiger charge is -2.38. The molecule has 0 saturated carbocycles. The highest BCUT2D eigenvalue weighted by atomic mass is 35.5. The van der Waals surface area contributed by atoms with Gasteiger partial charge in [0.05, 0.1) is 34.3 Å². The third kappa shape index (κ3) is 6.54. The summed E-state index contributed by atoms with van der Waals surface area (Å²) in [7, 11) is 1.61. The molecule has 5 aromatic rings. The van der Waals surface area contributed by atoms with Crippen molar-refractivity contribution in [1.82, 2.24) is 24.2 Å². The standard InChI is InChI=1S/C37H35Cl2N5O5/c1-49-35-24(18-43-16-22(17-43)21-45)8-9-31(41-35)30-7-3-6-29(34(30)39)28-5-2-4-27(33(28)38)23-11-13-44-32(14-23)40-15-26(36(44)46)20-42-12-10-25(19-42)37(47)48/h2-9,11,13-15,22,25,45H,10,12,16-21H2,1H3,(H,47,48)/t25-/m1/s1. The van der Waals surface area contributed by atoms with E-state index in [4.69, 9.17) is 32.9 Å². The molecule has 10 nitrogen and oxygen atoms in total. The first kappa shape index (κ1) is 33.2. The largest absolute Gasteiger partial charge is 0.481 e. The quantitative estimate of drug-likeness (QED) is 0.188. The molecule has 0 amide bonds. The van der Waals surface area contributed by atoms with Crippen LogP contribution in [0.5, 0.6) is 5.88 Å². The Hall–Kier alpha value is -4.32. The van der Waals surface area contributed by atoms with E-state index in [-0.39, 0.29) is 12.2 Å². The summed E-state index contributed by atoms with van der Waals surface area (Å²) in [6.07, 6.45) is 3.84. The summed E-state index contributed by atoms with van der Waals surface area (Å²) in [5.41, 5.74) is 6.23. The van der Waals surface area contributed by atoms with Gasteiger partial charge in [-0.1, -0.05) is 65.7 Å². The molecule has 2 aromatic carbocycles. The van der Waals surface area contributed by atoms with Gasteiger partial charge in [0.1, 0.15) is 5.65 Å². The zero-order valence-corrected chi connectivity index (χ0v) is 28.4. The van der Waals surface area contributed by atoms with E-state index in [2.05, 4.69) is 9.88 Å². The summed E-state index contributed by atoms with van der Waals surface area (Å²) in [6.45, 7) is 3.99. The number of carboxylic acid groups (broad SMARTS) is 1. The van der Waals surface area contributed by atoms with E-state index in [9.17, 15) is 19.8 Å². The number of hydrogen-bond donors (Lipinski definition) is 2. The first-order valence-electron chi connectivity index (χ1n) is 16.1.